The molecule has 0 saturated heterocycles. The van der Waals surface area contributed by atoms with Crippen LogP contribution in [0.1, 0.15) is 5.56 Å². The number of amides is 2. The van der Waals surface area contributed by atoms with Crippen LogP contribution in [-0.4, -0.2) is 24.7 Å². The molecule has 0 aliphatic heterocycles. The third kappa shape index (κ3) is 5.65. The molecular formula is C18H17FN2O3S. The van der Waals surface area contributed by atoms with E-state index in [9.17, 15) is 14.0 Å². The fourth-order valence-electron chi connectivity index (χ4n) is 1.98. The molecule has 0 aromatic heterocycles. The Balaban J connectivity index is 2.05. The SMILES string of the molecule is COc1ccc(C=CC(=O)Nc2ccccc2SCC(N)=O)cc1F. The fraction of sp³-hybridized carbons (Fsp3) is 0.111. The quantitative estimate of drug-likeness (QED) is 0.587. The number of nitrogens with two attached hydrogens (primary N) is 1. The molecule has 2 rings (SSSR count). The number of benzene rings is 2. The summed E-state index contributed by atoms with van der Waals surface area (Å²) in [4.78, 5) is 23.7. The Labute approximate surface area is 149 Å². The van der Waals surface area contributed by atoms with Crippen molar-refractivity contribution in [2.75, 3.05) is 18.2 Å². The minimum absolute atomic E-state index is 0.119. The number of ether oxygens (including phenoxy) is 1. The van der Waals surface area contributed by atoms with Gasteiger partial charge in [0.15, 0.2) is 11.6 Å². The Bertz CT molecular complexity index is 809. The highest BCUT2D eigenvalue weighted by molar-refractivity contribution is 8.00. The first-order chi connectivity index (χ1) is 12.0. The van der Waals surface area contributed by atoms with Crippen LogP contribution in [0.3, 0.4) is 0 Å². The lowest BCUT2D eigenvalue weighted by Gasteiger charge is -2.08. The van der Waals surface area contributed by atoms with Crippen LogP contribution in [0.15, 0.2) is 53.4 Å². The van der Waals surface area contributed by atoms with E-state index in [-0.39, 0.29) is 17.4 Å². The minimum Gasteiger partial charge on any atom is -0.494 e. The summed E-state index contributed by atoms with van der Waals surface area (Å²) in [5, 5.41) is 2.72. The zero-order valence-corrected chi connectivity index (χ0v) is 14.3. The van der Waals surface area contributed by atoms with E-state index in [0.29, 0.717) is 11.3 Å². The van der Waals surface area contributed by atoms with E-state index in [1.165, 1.54) is 43.2 Å². The maximum atomic E-state index is 13.6. The Hall–Kier alpha value is -2.80. The molecule has 130 valence electrons. The number of carbonyl (C=O) groups excluding carboxylic acids is 2. The second kappa shape index (κ2) is 8.89. The van der Waals surface area contributed by atoms with Gasteiger partial charge in [-0.3, -0.25) is 9.59 Å². The molecule has 0 aliphatic carbocycles. The molecule has 0 unspecified atom stereocenters. The number of methoxy groups -OCH3 is 1. The fourth-order valence-corrected chi connectivity index (χ4v) is 2.72. The number of hydrogen-bond donors (Lipinski definition) is 2. The molecular weight excluding hydrogens is 343 g/mol. The van der Waals surface area contributed by atoms with Crippen molar-refractivity contribution in [3.63, 3.8) is 0 Å². The molecule has 5 nitrogen and oxygen atoms in total. The van der Waals surface area contributed by atoms with E-state index in [2.05, 4.69) is 5.32 Å². The first-order valence-electron chi connectivity index (χ1n) is 7.32. The summed E-state index contributed by atoms with van der Waals surface area (Å²) >= 11 is 1.24. The van der Waals surface area contributed by atoms with Crippen LogP contribution < -0.4 is 15.8 Å². The molecule has 7 heteroatoms. The van der Waals surface area contributed by atoms with Crippen LogP contribution in [0, 0.1) is 5.82 Å². The summed E-state index contributed by atoms with van der Waals surface area (Å²) in [6.07, 6.45) is 2.80. The van der Waals surface area contributed by atoms with Gasteiger partial charge in [-0.15, -0.1) is 11.8 Å². The summed E-state index contributed by atoms with van der Waals surface area (Å²) in [6.45, 7) is 0. The summed E-state index contributed by atoms with van der Waals surface area (Å²) < 4.78 is 18.5. The molecule has 2 amide bonds. The number of nitrogens with one attached hydrogen (secondary N) is 1. The number of halogens is 1. The van der Waals surface area contributed by atoms with Gasteiger partial charge in [0, 0.05) is 11.0 Å². The standard InChI is InChI=1S/C18H17FN2O3S/c1-24-15-8-6-12(10-13(15)19)7-9-18(23)21-14-4-2-3-5-16(14)25-11-17(20)22/h2-10H,11H2,1H3,(H2,20,22)(H,21,23). The molecule has 0 heterocycles. The van der Waals surface area contributed by atoms with Gasteiger partial charge in [-0.2, -0.15) is 0 Å². The molecule has 0 radical (unpaired) electrons. The predicted molar refractivity (Wildman–Crippen MR) is 97.0 cm³/mol. The van der Waals surface area contributed by atoms with E-state index in [4.69, 9.17) is 10.5 Å². The summed E-state index contributed by atoms with van der Waals surface area (Å²) in [7, 11) is 1.38. The third-order valence-electron chi connectivity index (χ3n) is 3.12. The first-order valence-corrected chi connectivity index (χ1v) is 8.31. The second-order valence-corrected chi connectivity index (χ2v) is 5.98. The number of para-hydroxylation sites is 1. The zero-order chi connectivity index (χ0) is 18.2. The second-order valence-electron chi connectivity index (χ2n) is 4.97. The van der Waals surface area contributed by atoms with E-state index >= 15 is 0 Å². The number of thioether (sulfide) groups is 1. The van der Waals surface area contributed by atoms with E-state index in [0.717, 1.165) is 4.90 Å². The van der Waals surface area contributed by atoms with Gasteiger partial charge in [0.05, 0.1) is 18.6 Å². The van der Waals surface area contributed by atoms with Crippen LogP contribution in [0.2, 0.25) is 0 Å². The van der Waals surface area contributed by atoms with Crippen molar-refractivity contribution in [3.8, 4) is 5.75 Å². The Morgan fingerprint density at radius 2 is 2.04 bits per heavy atom. The van der Waals surface area contributed by atoms with E-state index in [1.54, 1.807) is 30.3 Å². The monoisotopic (exact) mass is 360 g/mol. The molecule has 0 aliphatic rings. The predicted octanol–water partition coefficient (Wildman–Crippen LogP) is 3.06. The third-order valence-corrected chi connectivity index (χ3v) is 4.21. The van der Waals surface area contributed by atoms with Crippen LogP contribution in [-0.2, 0) is 9.59 Å². The number of carbonyl (C=O) groups is 2. The highest BCUT2D eigenvalue weighted by atomic mass is 32.2. The largest absolute Gasteiger partial charge is 0.494 e. The van der Waals surface area contributed by atoms with Gasteiger partial charge < -0.3 is 15.8 Å². The van der Waals surface area contributed by atoms with Crippen molar-refractivity contribution in [3.05, 3.63) is 59.9 Å². The van der Waals surface area contributed by atoms with Crippen molar-refractivity contribution >= 4 is 35.3 Å². The van der Waals surface area contributed by atoms with Crippen molar-refractivity contribution in [1.29, 1.82) is 0 Å². The summed E-state index contributed by atoms with van der Waals surface area (Å²) in [5.74, 6) is -1.05. The van der Waals surface area contributed by atoms with Gasteiger partial charge >= 0.3 is 0 Å². The average molecular weight is 360 g/mol. The molecule has 25 heavy (non-hydrogen) atoms. The maximum absolute atomic E-state index is 13.6. The summed E-state index contributed by atoms with van der Waals surface area (Å²) in [5.41, 5.74) is 6.24. The van der Waals surface area contributed by atoms with Gasteiger partial charge in [-0.05, 0) is 35.9 Å². The highest BCUT2D eigenvalue weighted by Crippen LogP contribution is 2.26. The van der Waals surface area contributed by atoms with Crippen LogP contribution in [0.4, 0.5) is 10.1 Å². The lowest BCUT2D eigenvalue weighted by molar-refractivity contribution is -0.115. The Kier molecular flexibility index (Phi) is 6.59. The number of rotatable bonds is 7. The van der Waals surface area contributed by atoms with Crippen LogP contribution in [0.25, 0.3) is 6.08 Å². The maximum Gasteiger partial charge on any atom is 0.248 e. The molecule has 0 saturated carbocycles. The van der Waals surface area contributed by atoms with Crippen LogP contribution in [0.5, 0.6) is 5.75 Å². The van der Waals surface area contributed by atoms with E-state index < -0.39 is 11.7 Å². The average Bonchev–Trinajstić information content (AvgIpc) is 2.59. The van der Waals surface area contributed by atoms with Gasteiger partial charge in [0.1, 0.15) is 0 Å². The molecule has 0 bridgehead atoms. The van der Waals surface area contributed by atoms with Gasteiger partial charge in [0.25, 0.3) is 0 Å². The van der Waals surface area contributed by atoms with Crippen molar-refractivity contribution < 1.29 is 18.7 Å². The number of hydrogen-bond acceptors (Lipinski definition) is 4. The molecule has 0 spiro atoms. The molecule has 2 aromatic carbocycles. The van der Waals surface area contributed by atoms with Crippen molar-refractivity contribution in [2.24, 2.45) is 5.73 Å². The zero-order valence-electron chi connectivity index (χ0n) is 13.5. The van der Waals surface area contributed by atoms with Gasteiger partial charge in [-0.1, -0.05) is 18.2 Å². The van der Waals surface area contributed by atoms with E-state index in [1.807, 2.05) is 0 Å². The molecule has 3 N–H and O–H groups in total. The topological polar surface area (TPSA) is 81.4 Å². The molecule has 0 fully saturated rings. The van der Waals surface area contributed by atoms with Gasteiger partial charge in [-0.25, -0.2) is 4.39 Å². The molecule has 0 atom stereocenters. The lowest BCUT2D eigenvalue weighted by Crippen LogP contribution is -2.13. The number of primary amides is 1. The lowest BCUT2D eigenvalue weighted by atomic mass is 10.2. The first kappa shape index (κ1) is 18.5. The van der Waals surface area contributed by atoms with Crippen molar-refractivity contribution in [1.82, 2.24) is 0 Å². The smallest absolute Gasteiger partial charge is 0.248 e. The van der Waals surface area contributed by atoms with Crippen molar-refractivity contribution in [2.45, 2.75) is 4.90 Å². The minimum atomic E-state index is -0.502. The molecule has 2 aromatic rings. The van der Waals surface area contributed by atoms with Gasteiger partial charge in [0.2, 0.25) is 11.8 Å². The Morgan fingerprint density at radius 1 is 1.28 bits per heavy atom. The van der Waals surface area contributed by atoms with Crippen LogP contribution >= 0.6 is 11.8 Å². The normalized spacial score (nSPS) is 10.6. The summed E-state index contributed by atoms with van der Waals surface area (Å²) in [6, 6.07) is 11.5. The number of anilines is 1. The Morgan fingerprint density at radius 3 is 2.72 bits per heavy atom. The highest BCUT2D eigenvalue weighted by Gasteiger charge is 2.07.